The fourth-order valence-electron chi connectivity index (χ4n) is 1.36. The second kappa shape index (κ2) is 4.68. The van der Waals surface area contributed by atoms with E-state index in [2.05, 4.69) is 15.2 Å². The fraction of sp³-hybridized carbons (Fsp3) is 0.700. The zero-order chi connectivity index (χ0) is 14.1. The molecule has 0 aromatic carbocycles. The highest BCUT2D eigenvalue weighted by Crippen LogP contribution is 2.18. The van der Waals surface area contributed by atoms with Crippen LogP contribution in [0.25, 0.3) is 0 Å². The van der Waals surface area contributed by atoms with Crippen LogP contribution >= 0.6 is 0 Å². The van der Waals surface area contributed by atoms with Gasteiger partial charge in [0.15, 0.2) is 15.7 Å². The summed E-state index contributed by atoms with van der Waals surface area (Å²) < 4.78 is 21.7. The van der Waals surface area contributed by atoms with Gasteiger partial charge >= 0.3 is 0 Å². The van der Waals surface area contributed by atoms with Crippen LogP contribution in [0.5, 0.6) is 0 Å². The zero-order valence-electron chi connectivity index (χ0n) is 11.2. The van der Waals surface area contributed by atoms with Gasteiger partial charge in [-0.2, -0.15) is 5.10 Å². The van der Waals surface area contributed by atoms with Crippen molar-refractivity contribution < 1.29 is 13.2 Å². The molecule has 0 aliphatic rings. The molecule has 0 saturated heterocycles. The summed E-state index contributed by atoms with van der Waals surface area (Å²) in [5.41, 5.74) is 0. The number of hydrogen-bond acceptors (Lipinski definition) is 5. The number of amides is 1. The van der Waals surface area contributed by atoms with Gasteiger partial charge in [-0.3, -0.25) is 9.89 Å². The molecule has 102 valence electrons. The van der Waals surface area contributed by atoms with E-state index in [4.69, 9.17) is 0 Å². The number of carbonyl (C=O) groups excluding carboxylic acids is 1. The molecule has 0 fully saturated rings. The van der Waals surface area contributed by atoms with Crippen molar-refractivity contribution in [3.8, 4) is 0 Å². The summed E-state index contributed by atoms with van der Waals surface area (Å²) in [4.78, 5) is 17.5. The average molecular weight is 274 g/mol. The summed E-state index contributed by atoms with van der Waals surface area (Å²) in [6.45, 7) is 4.70. The minimum absolute atomic E-state index is 0.169. The third-order valence-electron chi connectivity index (χ3n) is 2.81. The van der Waals surface area contributed by atoms with Gasteiger partial charge in [0.1, 0.15) is 10.6 Å². The van der Waals surface area contributed by atoms with Gasteiger partial charge in [-0.05, 0) is 20.8 Å². The second-order valence-corrected chi connectivity index (χ2v) is 7.35. The monoisotopic (exact) mass is 274 g/mol. The van der Waals surface area contributed by atoms with Crippen LogP contribution < -0.4 is 0 Å². The number of rotatable bonds is 4. The summed E-state index contributed by atoms with van der Waals surface area (Å²) in [5.74, 6) is 0.619. The molecule has 18 heavy (non-hydrogen) atoms. The first-order chi connectivity index (χ1) is 8.05. The molecular formula is C10H18N4O3S. The quantitative estimate of drug-likeness (QED) is 0.826. The first kappa shape index (κ1) is 14.6. The first-order valence-corrected chi connectivity index (χ1v) is 7.28. The van der Waals surface area contributed by atoms with E-state index in [1.54, 1.807) is 6.92 Å². The Kier molecular flexibility index (Phi) is 3.80. The van der Waals surface area contributed by atoms with Gasteiger partial charge in [0, 0.05) is 13.3 Å². The minimum Gasteiger partial charge on any atom is -0.337 e. The molecule has 8 heteroatoms. The van der Waals surface area contributed by atoms with Crippen molar-refractivity contribution in [2.24, 2.45) is 0 Å². The van der Waals surface area contributed by atoms with Crippen molar-refractivity contribution in [1.29, 1.82) is 0 Å². The molecule has 0 radical (unpaired) electrons. The molecule has 1 heterocycles. The lowest BCUT2D eigenvalue weighted by molar-refractivity contribution is -0.132. The number of aromatic nitrogens is 3. The SMILES string of the molecule is Cc1nc(CN(C)C(=O)C(C)(C)S(C)(=O)=O)n[nH]1. The number of sulfone groups is 1. The molecule has 1 aromatic heterocycles. The Bertz CT molecular complexity index is 547. The lowest BCUT2D eigenvalue weighted by Gasteiger charge is -2.27. The highest BCUT2D eigenvalue weighted by Gasteiger charge is 2.40. The van der Waals surface area contributed by atoms with Crippen LogP contribution in [0.2, 0.25) is 0 Å². The van der Waals surface area contributed by atoms with Crippen molar-refractivity contribution >= 4 is 15.7 Å². The van der Waals surface area contributed by atoms with Crippen LogP contribution in [0.3, 0.4) is 0 Å². The van der Waals surface area contributed by atoms with Gasteiger partial charge in [0.05, 0.1) is 6.54 Å². The number of aryl methyl sites for hydroxylation is 1. The number of carbonyl (C=O) groups is 1. The Balaban J connectivity index is 2.85. The van der Waals surface area contributed by atoms with Crippen LogP contribution in [0.15, 0.2) is 0 Å². The molecule has 7 nitrogen and oxygen atoms in total. The van der Waals surface area contributed by atoms with E-state index >= 15 is 0 Å². The Morgan fingerprint density at radius 2 is 2.00 bits per heavy atom. The largest absolute Gasteiger partial charge is 0.337 e. The van der Waals surface area contributed by atoms with Gasteiger partial charge in [-0.1, -0.05) is 0 Å². The molecular weight excluding hydrogens is 256 g/mol. The van der Waals surface area contributed by atoms with Gasteiger partial charge in [-0.15, -0.1) is 0 Å². The van der Waals surface area contributed by atoms with Gasteiger partial charge < -0.3 is 4.90 Å². The van der Waals surface area contributed by atoms with E-state index in [1.807, 2.05) is 0 Å². The molecule has 0 aliphatic heterocycles. The van der Waals surface area contributed by atoms with Gasteiger partial charge in [0.2, 0.25) is 5.91 Å². The molecule has 0 atom stereocenters. The summed E-state index contributed by atoms with van der Waals surface area (Å²) in [6.07, 6.45) is 1.05. The standard InChI is InChI=1S/C10H18N4O3S/c1-7-11-8(13-12-7)6-14(4)9(15)10(2,3)18(5,16)17/h6H2,1-5H3,(H,11,12,13). The predicted octanol–water partition coefficient (Wildman–Crippen LogP) is -0.105. The third kappa shape index (κ3) is 2.87. The summed E-state index contributed by atoms with van der Waals surface area (Å²) in [6, 6.07) is 0. The number of aromatic amines is 1. The lowest BCUT2D eigenvalue weighted by Crippen LogP contribution is -2.48. The Morgan fingerprint density at radius 3 is 2.39 bits per heavy atom. The molecule has 1 rings (SSSR count). The third-order valence-corrected chi connectivity index (χ3v) is 4.84. The molecule has 1 N–H and O–H groups in total. The van der Waals surface area contributed by atoms with E-state index in [-0.39, 0.29) is 6.54 Å². The molecule has 0 unspecified atom stereocenters. The zero-order valence-corrected chi connectivity index (χ0v) is 12.0. The maximum Gasteiger partial charge on any atom is 0.243 e. The molecule has 0 spiro atoms. The van der Waals surface area contributed by atoms with Crippen molar-refractivity contribution in [2.75, 3.05) is 13.3 Å². The average Bonchev–Trinajstić information content (AvgIpc) is 2.61. The first-order valence-electron chi connectivity index (χ1n) is 5.38. The van der Waals surface area contributed by atoms with Crippen molar-refractivity contribution in [3.63, 3.8) is 0 Å². The smallest absolute Gasteiger partial charge is 0.243 e. The van der Waals surface area contributed by atoms with Gasteiger partial charge in [0.25, 0.3) is 0 Å². The summed E-state index contributed by atoms with van der Waals surface area (Å²) in [7, 11) is -1.94. The number of nitrogens with zero attached hydrogens (tertiary/aromatic N) is 3. The van der Waals surface area contributed by atoms with Crippen molar-refractivity contribution in [1.82, 2.24) is 20.1 Å². The molecule has 1 aromatic rings. The molecule has 0 bridgehead atoms. The van der Waals surface area contributed by atoms with E-state index in [9.17, 15) is 13.2 Å². The van der Waals surface area contributed by atoms with E-state index in [0.29, 0.717) is 11.6 Å². The van der Waals surface area contributed by atoms with Crippen molar-refractivity contribution in [2.45, 2.75) is 32.1 Å². The van der Waals surface area contributed by atoms with E-state index < -0.39 is 20.5 Å². The van der Waals surface area contributed by atoms with E-state index in [0.717, 1.165) is 6.26 Å². The topological polar surface area (TPSA) is 96.0 Å². The second-order valence-electron chi connectivity index (χ2n) is 4.78. The number of hydrogen-bond donors (Lipinski definition) is 1. The van der Waals surface area contributed by atoms with Crippen LogP contribution in [0.4, 0.5) is 0 Å². The fourth-order valence-corrected chi connectivity index (χ4v) is 1.83. The lowest BCUT2D eigenvalue weighted by atomic mass is 10.2. The number of nitrogens with one attached hydrogen (secondary N) is 1. The van der Waals surface area contributed by atoms with Gasteiger partial charge in [-0.25, -0.2) is 13.4 Å². The van der Waals surface area contributed by atoms with Crippen LogP contribution in [-0.2, 0) is 21.2 Å². The Hall–Kier alpha value is -1.44. The highest BCUT2D eigenvalue weighted by molar-refractivity contribution is 7.92. The summed E-state index contributed by atoms with van der Waals surface area (Å²) in [5, 5.41) is 6.57. The van der Waals surface area contributed by atoms with Crippen molar-refractivity contribution in [3.05, 3.63) is 11.6 Å². The number of H-pyrrole nitrogens is 1. The van der Waals surface area contributed by atoms with Crippen LogP contribution in [-0.4, -0.2) is 52.5 Å². The normalized spacial score (nSPS) is 12.5. The predicted molar refractivity (Wildman–Crippen MR) is 66.5 cm³/mol. The van der Waals surface area contributed by atoms with Crippen LogP contribution in [0, 0.1) is 6.92 Å². The highest BCUT2D eigenvalue weighted by atomic mass is 32.2. The van der Waals surface area contributed by atoms with E-state index in [1.165, 1.54) is 25.8 Å². The summed E-state index contributed by atoms with van der Waals surface area (Å²) >= 11 is 0. The van der Waals surface area contributed by atoms with Crippen LogP contribution in [0.1, 0.15) is 25.5 Å². The Labute approximate surface area is 107 Å². The molecule has 1 amide bonds. The molecule has 0 aliphatic carbocycles. The minimum atomic E-state index is -3.47. The maximum absolute atomic E-state index is 12.1. The Morgan fingerprint density at radius 1 is 1.44 bits per heavy atom. The molecule has 0 saturated carbocycles. The maximum atomic E-state index is 12.1.